The van der Waals surface area contributed by atoms with Crippen molar-refractivity contribution in [1.29, 1.82) is 5.26 Å². The van der Waals surface area contributed by atoms with Crippen molar-refractivity contribution >= 4 is 41.0 Å². The molecule has 5 amide bonds. The molecule has 0 bridgehead atoms. The number of halogens is 1. The van der Waals surface area contributed by atoms with Gasteiger partial charge in [0.1, 0.15) is 17.6 Å². The van der Waals surface area contributed by atoms with Crippen molar-refractivity contribution in [3.8, 4) is 11.8 Å². The molecule has 1 aliphatic carbocycles. The number of piperidine rings is 2. The molecule has 0 radical (unpaired) electrons. The summed E-state index contributed by atoms with van der Waals surface area (Å²) in [5, 5.41) is 23.1. The molecule has 1 atom stereocenters. The molecular weight excluding hydrogens is 746 g/mol. The molecule has 3 saturated heterocycles. The van der Waals surface area contributed by atoms with Crippen LogP contribution >= 0.6 is 0 Å². The van der Waals surface area contributed by atoms with Crippen LogP contribution < -0.4 is 25.2 Å². The molecule has 0 spiro atoms. The summed E-state index contributed by atoms with van der Waals surface area (Å²) in [7, 11) is 0. The van der Waals surface area contributed by atoms with Crippen LogP contribution in [0.5, 0.6) is 5.75 Å². The van der Waals surface area contributed by atoms with Crippen LogP contribution in [-0.2, 0) is 9.59 Å². The van der Waals surface area contributed by atoms with Crippen LogP contribution in [0.4, 0.5) is 15.9 Å². The molecule has 2 N–H and O–H groups in total. The number of imide groups is 2. The van der Waals surface area contributed by atoms with Gasteiger partial charge in [-0.15, -0.1) is 10.2 Å². The van der Waals surface area contributed by atoms with Crippen molar-refractivity contribution in [2.24, 2.45) is 5.92 Å². The molecule has 2 aromatic carbocycles. The van der Waals surface area contributed by atoms with Crippen molar-refractivity contribution in [1.82, 2.24) is 30.6 Å². The number of carbonyl (C=O) groups is 5. The highest BCUT2D eigenvalue weighted by Crippen LogP contribution is 2.34. The van der Waals surface area contributed by atoms with Gasteiger partial charge in [0.15, 0.2) is 11.5 Å². The largest absolute Gasteiger partial charge is 0.490 e. The second kappa shape index (κ2) is 16.5. The maximum absolute atomic E-state index is 15.4. The Balaban J connectivity index is 0.764. The minimum atomic E-state index is -1.10. The van der Waals surface area contributed by atoms with Gasteiger partial charge in [0, 0.05) is 58.3 Å². The second-order valence-corrected chi connectivity index (χ2v) is 15.9. The van der Waals surface area contributed by atoms with E-state index in [1.807, 2.05) is 30.0 Å². The summed E-state index contributed by atoms with van der Waals surface area (Å²) >= 11 is 0. The lowest BCUT2D eigenvalue weighted by Gasteiger charge is -2.39. The van der Waals surface area contributed by atoms with Gasteiger partial charge < -0.3 is 19.9 Å². The Morgan fingerprint density at radius 1 is 0.879 bits per heavy atom. The molecule has 15 nitrogen and oxygen atoms in total. The Morgan fingerprint density at radius 3 is 2.26 bits per heavy atom. The number of nitrogens with zero attached hydrogens (tertiary/aromatic N) is 7. The molecule has 8 rings (SSSR count). The van der Waals surface area contributed by atoms with Crippen LogP contribution in [0.2, 0.25) is 0 Å². The Labute approximate surface area is 335 Å². The zero-order chi connectivity index (χ0) is 40.5. The normalized spacial score (nSPS) is 23.1. The number of piperazine rings is 1. The molecule has 3 aromatic rings. The standard InChI is InChI=1S/C42H46FN9O6/c1-25-20-30(5-2-27(25)23-44)58-29-6-3-28(4-7-29)45-39(54)34-8-10-37(48-47-34)51-14-12-26(13-15-51)24-49-16-18-50(19-17-49)36-22-32-31(21-33(36)43)41(56)52(42(32)57)35-9-11-38(53)46-40(35)55/h2,5,8,10,20-22,26,28-29,35H,3-4,6-7,9,11-19,24H2,1H3,(H,45,54)(H,46,53,55). The number of hydrogen-bond donors (Lipinski definition) is 2. The quantitative estimate of drug-likeness (QED) is 0.302. The summed E-state index contributed by atoms with van der Waals surface area (Å²) in [4.78, 5) is 70.7. The summed E-state index contributed by atoms with van der Waals surface area (Å²) < 4.78 is 21.6. The number of amides is 5. The number of nitriles is 1. The average molecular weight is 792 g/mol. The van der Waals surface area contributed by atoms with Crippen molar-refractivity contribution in [3.63, 3.8) is 0 Å². The van der Waals surface area contributed by atoms with Crippen LogP contribution in [0.15, 0.2) is 42.5 Å². The van der Waals surface area contributed by atoms with Gasteiger partial charge in [-0.05, 0) is 106 Å². The first-order chi connectivity index (χ1) is 28.0. The second-order valence-electron chi connectivity index (χ2n) is 15.9. The Morgan fingerprint density at radius 2 is 1.60 bits per heavy atom. The lowest BCUT2D eigenvalue weighted by Crippen LogP contribution is -2.54. The van der Waals surface area contributed by atoms with E-state index in [1.54, 1.807) is 12.1 Å². The Kier molecular flexibility index (Phi) is 11.1. The van der Waals surface area contributed by atoms with E-state index < -0.39 is 35.5 Å². The van der Waals surface area contributed by atoms with Gasteiger partial charge in [0.25, 0.3) is 17.7 Å². The first-order valence-electron chi connectivity index (χ1n) is 20.1. The van der Waals surface area contributed by atoms with E-state index in [9.17, 15) is 24.0 Å². The monoisotopic (exact) mass is 791 g/mol. The third-order valence-electron chi connectivity index (χ3n) is 12.2. The number of rotatable bonds is 9. The molecule has 5 aliphatic rings. The maximum atomic E-state index is 15.4. The molecule has 58 heavy (non-hydrogen) atoms. The first-order valence-corrected chi connectivity index (χ1v) is 20.1. The number of fused-ring (bicyclic) bond motifs is 1. The topological polar surface area (TPSA) is 181 Å². The molecule has 302 valence electrons. The van der Waals surface area contributed by atoms with Crippen molar-refractivity contribution < 1.29 is 33.1 Å². The molecular formula is C42H46FN9O6. The SMILES string of the molecule is Cc1cc(OC2CCC(NC(=O)c3ccc(N4CCC(CN5CCN(c6cc7c(cc6F)C(=O)N(C6CCC(=O)NC6=O)C7=O)CC5)CC4)nn3)CC2)ccc1C#N. The molecule has 1 aromatic heterocycles. The van der Waals surface area contributed by atoms with E-state index in [0.717, 1.165) is 86.3 Å². The van der Waals surface area contributed by atoms with E-state index in [2.05, 4.69) is 36.7 Å². The number of aryl methyl sites for hydroxylation is 1. The maximum Gasteiger partial charge on any atom is 0.272 e. The van der Waals surface area contributed by atoms with Gasteiger partial charge in [-0.2, -0.15) is 5.26 Å². The smallest absolute Gasteiger partial charge is 0.272 e. The average Bonchev–Trinajstić information content (AvgIpc) is 3.46. The summed E-state index contributed by atoms with van der Waals surface area (Å²) in [6.07, 6.45) is 5.30. The minimum Gasteiger partial charge on any atom is -0.490 e. The highest BCUT2D eigenvalue weighted by molar-refractivity contribution is 6.23. The highest BCUT2D eigenvalue weighted by atomic mass is 19.1. The fraction of sp³-hybridized carbons (Fsp3) is 0.476. The van der Waals surface area contributed by atoms with Crippen LogP contribution in [0.1, 0.15) is 93.7 Å². The number of anilines is 2. The number of benzene rings is 2. The Bertz CT molecular complexity index is 2150. The molecule has 5 heterocycles. The van der Waals surface area contributed by atoms with Crippen LogP contribution in [0.25, 0.3) is 0 Å². The van der Waals surface area contributed by atoms with Gasteiger partial charge in [0.2, 0.25) is 11.8 Å². The third-order valence-corrected chi connectivity index (χ3v) is 12.2. The zero-order valence-electron chi connectivity index (χ0n) is 32.4. The number of carbonyl (C=O) groups excluding carboxylic acids is 5. The fourth-order valence-electron chi connectivity index (χ4n) is 8.83. The van der Waals surface area contributed by atoms with Crippen LogP contribution in [0.3, 0.4) is 0 Å². The van der Waals surface area contributed by atoms with Gasteiger partial charge in [-0.1, -0.05) is 0 Å². The number of nitrogens with one attached hydrogen (secondary N) is 2. The Hall–Kier alpha value is -5.95. The summed E-state index contributed by atoms with van der Waals surface area (Å²) in [5.74, 6) is -1.37. The number of hydrogen-bond acceptors (Lipinski definition) is 12. The number of ether oxygens (including phenoxy) is 1. The molecule has 4 fully saturated rings. The van der Waals surface area contributed by atoms with E-state index in [0.29, 0.717) is 43.4 Å². The van der Waals surface area contributed by atoms with Crippen molar-refractivity contribution in [2.75, 3.05) is 55.6 Å². The molecule has 4 aliphatic heterocycles. The minimum absolute atomic E-state index is 0.0149. The van der Waals surface area contributed by atoms with E-state index >= 15 is 4.39 Å². The number of aromatic nitrogens is 2. The van der Waals surface area contributed by atoms with Crippen molar-refractivity contribution in [3.05, 3.63) is 76.2 Å². The van der Waals surface area contributed by atoms with Crippen LogP contribution in [-0.4, -0.2) is 114 Å². The summed E-state index contributed by atoms with van der Waals surface area (Å²) in [5.41, 5.74) is 2.08. The predicted octanol–water partition coefficient (Wildman–Crippen LogP) is 3.36. The van der Waals surface area contributed by atoms with E-state index in [-0.39, 0.29) is 47.7 Å². The van der Waals surface area contributed by atoms with Crippen molar-refractivity contribution in [2.45, 2.75) is 76.5 Å². The fourth-order valence-corrected chi connectivity index (χ4v) is 8.83. The zero-order valence-corrected chi connectivity index (χ0v) is 32.4. The van der Waals surface area contributed by atoms with Gasteiger partial charge >= 0.3 is 0 Å². The summed E-state index contributed by atoms with van der Waals surface area (Å²) in [6, 6.07) is 12.7. The van der Waals surface area contributed by atoms with E-state index in [1.165, 1.54) is 6.07 Å². The van der Waals surface area contributed by atoms with Crippen LogP contribution in [0, 0.1) is 30.0 Å². The molecule has 1 unspecified atom stereocenters. The van der Waals surface area contributed by atoms with Gasteiger partial charge in [-0.3, -0.25) is 39.1 Å². The van der Waals surface area contributed by atoms with E-state index in [4.69, 9.17) is 10.00 Å². The third kappa shape index (κ3) is 8.08. The molecule has 16 heteroatoms. The highest BCUT2D eigenvalue weighted by Gasteiger charge is 2.45. The lowest BCUT2D eigenvalue weighted by molar-refractivity contribution is -0.136. The molecule has 1 saturated carbocycles. The predicted molar refractivity (Wildman–Crippen MR) is 209 cm³/mol. The lowest BCUT2D eigenvalue weighted by atomic mass is 9.92. The van der Waals surface area contributed by atoms with Gasteiger partial charge in [-0.25, -0.2) is 4.39 Å². The van der Waals surface area contributed by atoms with Gasteiger partial charge in [0.05, 0.1) is 34.6 Å². The first kappa shape index (κ1) is 38.9. The summed E-state index contributed by atoms with van der Waals surface area (Å²) in [6.45, 7) is 6.99.